The number of rotatable bonds is 2. The molecule has 100 valence electrons. The van der Waals surface area contributed by atoms with Crippen molar-refractivity contribution in [3.63, 3.8) is 0 Å². The molecule has 0 N–H and O–H groups in total. The summed E-state index contributed by atoms with van der Waals surface area (Å²) in [5.74, 6) is 1.45. The molecule has 2 aromatic carbocycles. The lowest BCUT2D eigenvalue weighted by atomic mass is 10.3. The van der Waals surface area contributed by atoms with Gasteiger partial charge in [0.25, 0.3) is 0 Å². The standard InChI is InChI=1S/C12H4Br6O/c13-5-1-2-9(12(18)11(5)17)19-10-4-7(15)6(14)3-8(10)16/h1-4H/i1+1,2+1,5+1,9+1,11+1,12+1. The van der Waals surface area contributed by atoms with Gasteiger partial charge in [0.05, 0.1) is 8.95 Å². The highest BCUT2D eigenvalue weighted by Crippen LogP contribution is 2.42. The fourth-order valence-electron chi connectivity index (χ4n) is 1.29. The molecule has 0 fully saturated rings. The number of hydrogen-bond donors (Lipinski definition) is 0. The van der Waals surface area contributed by atoms with Gasteiger partial charge in [-0.15, -0.1) is 0 Å². The van der Waals surface area contributed by atoms with Crippen LogP contribution in [0.1, 0.15) is 0 Å². The van der Waals surface area contributed by atoms with E-state index in [0.29, 0.717) is 0 Å². The predicted molar refractivity (Wildman–Crippen MR) is 99.2 cm³/mol. The van der Waals surface area contributed by atoms with E-state index < -0.39 is 0 Å². The maximum atomic E-state index is 5.92. The molecule has 0 heterocycles. The van der Waals surface area contributed by atoms with Gasteiger partial charge in [-0.3, -0.25) is 0 Å². The molecule has 0 unspecified atom stereocenters. The average Bonchev–Trinajstić information content (AvgIpc) is 2.36. The first-order valence-corrected chi connectivity index (χ1v) is 9.62. The largest absolute Gasteiger partial charge is 0.455 e. The van der Waals surface area contributed by atoms with Crippen LogP contribution in [-0.2, 0) is 0 Å². The maximum Gasteiger partial charge on any atom is 0.142 e. The second-order valence-corrected chi connectivity index (χ2v) is 8.48. The smallest absolute Gasteiger partial charge is 0.142 e. The third-order valence-corrected chi connectivity index (χ3v) is 7.99. The van der Waals surface area contributed by atoms with Crippen LogP contribution < -0.4 is 4.74 Å². The summed E-state index contributed by atoms with van der Waals surface area (Å²) in [6.07, 6.45) is 0. The van der Waals surface area contributed by atoms with Gasteiger partial charge in [0.2, 0.25) is 0 Å². The molecule has 0 aliphatic heterocycles. The van der Waals surface area contributed by atoms with Gasteiger partial charge in [-0.1, -0.05) is 0 Å². The molecule has 1 nitrogen and oxygen atoms in total. The molecule has 0 saturated carbocycles. The van der Waals surface area contributed by atoms with Gasteiger partial charge in [0.1, 0.15) is 11.5 Å². The highest BCUT2D eigenvalue weighted by molar-refractivity contribution is 9.14. The van der Waals surface area contributed by atoms with E-state index >= 15 is 0 Å². The van der Waals surface area contributed by atoms with Gasteiger partial charge < -0.3 is 4.74 Å². The number of ether oxygens (including phenoxy) is 1. The first-order chi connectivity index (χ1) is 8.90. The minimum Gasteiger partial charge on any atom is -0.455 e. The lowest BCUT2D eigenvalue weighted by molar-refractivity contribution is 0.475. The quantitative estimate of drug-likeness (QED) is 0.237. The van der Waals surface area contributed by atoms with Crippen molar-refractivity contribution in [1.82, 2.24) is 0 Å². The van der Waals surface area contributed by atoms with Gasteiger partial charge >= 0.3 is 0 Å². The van der Waals surface area contributed by atoms with Crippen molar-refractivity contribution in [2.24, 2.45) is 0 Å². The summed E-state index contributed by atoms with van der Waals surface area (Å²) in [5, 5.41) is 0. The van der Waals surface area contributed by atoms with Crippen LogP contribution in [0.5, 0.6) is 11.5 Å². The van der Waals surface area contributed by atoms with Crippen molar-refractivity contribution in [2.75, 3.05) is 0 Å². The lowest BCUT2D eigenvalue weighted by Gasteiger charge is -2.12. The number of benzene rings is 2. The van der Waals surface area contributed by atoms with Crippen molar-refractivity contribution in [3.8, 4) is 11.5 Å². The van der Waals surface area contributed by atoms with Gasteiger partial charge in [-0.25, -0.2) is 0 Å². The normalized spacial score (nSPS) is 10.6. The zero-order valence-electron chi connectivity index (χ0n) is 8.99. The zero-order valence-corrected chi connectivity index (χ0v) is 18.5. The van der Waals surface area contributed by atoms with Crippen LogP contribution >= 0.6 is 95.6 Å². The second-order valence-electron chi connectivity index (χ2n) is 3.47. The summed E-state index contributed by atoms with van der Waals surface area (Å²) in [4.78, 5) is 0. The Balaban J connectivity index is 2.42. The van der Waals surface area contributed by atoms with E-state index in [0.717, 1.165) is 38.3 Å². The number of hydrogen-bond acceptors (Lipinski definition) is 1. The molecule has 0 amide bonds. The Morgan fingerprint density at radius 2 is 1.21 bits per heavy atom. The average molecular weight is 650 g/mol. The van der Waals surface area contributed by atoms with Crippen molar-refractivity contribution in [3.05, 3.63) is 51.1 Å². The van der Waals surface area contributed by atoms with E-state index in [1.54, 1.807) is 0 Å². The van der Waals surface area contributed by atoms with Crippen LogP contribution in [0.2, 0.25) is 0 Å². The molecule has 2 rings (SSSR count). The SMILES string of the molecule is Brc1cc(Br)c(O[13c]2[13cH][13cH][13c](Br)[13c](Br)[13c]2Br)cc1Br. The van der Waals surface area contributed by atoms with Crippen molar-refractivity contribution in [1.29, 1.82) is 0 Å². The Morgan fingerprint density at radius 1 is 0.579 bits per heavy atom. The van der Waals surface area contributed by atoms with Crippen LogP contribution in [0, 0.1) is 0 Å². The third kappa shape index (κ3) is 3.86. The molecular formula is C12H4Br6O. The Kier molecular flexibility index (Phi) is 6.01. The Morgan fingerprint density at radius 3 is 1.89 bits per heavy atom. The molecule has 0 bridgehead atoms. The molecule has 0 atom stereocenters. The molecule has 0 aromatic heterocycles. The highest BCUT2D eigenvalue weighted by Gasteiger charge is 2.12. The first kappa shape index (κ1) is 16.5. The summed E-state index contributed by atoms with van der Waals surface area (Å²) in [7, 11) is 0. The van der Waals surface area contributed by atoms with E-state index in [1.807, 2.05) is 24.3 Å². The monoisotopic (exact) mass is 644 g/mol. The summed E-state index contributed by atoms with van der Waals surface area (Å²) in [6.45, 7) is 0. The summed E-state index contributed by atoms with van der Waals surface area (Å²) >= 11 is 20.8. The summed E-state index contributed by atoms with van der Waals surface area (Å²) in [5.41, 5.74) is 0. The fourth-order valence-corrected chi connectivity index (χ4v) is 4.04. The Bertz CT molecular complexity index is 641. The molecular weight excluding hydrogens is 646 g/mol. The molecule has 2 aromatic rings. The lowest BCUT2D eigenvalue weighted by Crippen LogP contribution is -1.88. The molecule has 0 aliphatic rings. The van der Waals surface area contributed by atoms with Crippen LogP contribution in [0.15, 0.2) is 51.1 Å². The van der Waals surface area contributed by atoms with E-state index in [2.05, 4.69) is 95.6 Å². The molecule has 0 saturated heterocycles. The summed E-state index contributed by atoms with van der Waals surface area (Å²) in [6, 6.07) is 7.64. The minimum absolute atomic E-state index is 0.727. The maximum absolute atomic E-state index is 5.92. The van der Waals surface area contributed by atoms with Crippen molar-refractivity contribution >= 4 is 95.6 Å². The van der Waals surface area contributed by atoms with Crippen LogP contribution in [0.25, 0.3) is 0 Å². The molecule has 19 heavy (non-hydrogen) atoms. The fraction of sp³-hybridized carbons (Fsp3) is 0. The molecule has 7 heteroatoms. The van der Waals surface area contributed by atoms with E-state index in [9.17, 15) is 0 Å². The predicted octanol–water partition coefficient (Wildman–Crippen LogP) is 8.05. The van der Waals surface area contributed by atoms with Gasteiger partial charge in [0.15, 0.2) is 0 Å². The molecule has 0 radical (unpaired) electrons. The molecule has 0 spiro atoms. The Hall–Kier alpha value is 1.12. The number of halogens is 6. The molecule has 0 aliphatic carbocycles. The minimum atomic E-state index is 0.727. The van der Waals surface area contributed by atoms with Crippen molar-refractivity contribution in [2.45, 2.75) is 0 Å². The van der Waals surface area contributed by atoms with Crippen molar-refractivity contribution < 1.29 is 4.74 Å². The van der Waals surface area contributed by atoms with Gasteiger partial charge in [-0.2, -0.15) is 0 Å². The van der Waals surface area contributed by atoms with Crippen LogP contribution in [0.4, 0.5) is 0 Å². The first-order valence-electron chi connectivity index (χ1n) is 4.86. The van der Waals surface area contributed by atoms with Crippen LogP contribution in [0.3, 0.4) is 0 Å². The van der Waals surface area contributed by atoms with E-state index in [4.69, 9.17) is 4.74 Å². The van der Waals surface area contributed by atoms with Gasteiger partial charge in [-0.05, 0) is 120 Å². The topological polar surface area (TPSA) is 9.23 Å². The van der Waals surface area contributed by atoms with E-state index in [-0.39, 0.29) is 0 Å². The highest BCUT2D eigenvalue weighted by atomic mass is 79.9. The van der Waals surface area contributed by atoms with Crippen LogP contribution in [-0.4, -0.2) is 0 Å². The van der Waals surface area contributed by atoms with Gasteiger partial charge in [0, 0.05) is 17.9 Å². The second kappa shape index (κ2) is 6.92. The summed E-state index contributed by atoms with van der Waals surface area (Å²) < 4.78 is 11.4. The Labute approximate surface area is 161 Å². The van der Waals surface area contributed by atoms with E-state index in [1.165, 1.54) is 0 Å². The third-order valence-electron chi connectivity index (χ3n) is 2.19. The zero-order chi connectivity index (χ0) is 14.2.